The first kappa shape index (κ1) is 18.3. The van der Waals surface area contributed by atoms with Gasteiger partial charge in [-0.05, 0) is 44.9 Å². The Labute approximate surface area is 128 Å². The fraction of sp³-hybridized carbons (Fsp3) is 0.533. The molecule has 1 unspecified atom stereocenters. The van der Waals surface area contributed by atoms with Gasteiger partial charge in [0.2, 0.25) is 0 Å². The maximum absolute atomic E-state index is 13.2. The van der Waals surface area contributed by atoms with E-state index < -0.39 is 35.5 Å². The molecular formula is C15H22F2N2O3. The zero-order chi connectivity index (χ0) is 16.9. The summed E-state index contributed by atoms with van der Waals surface area (Å²) in [5, 5.41) is 12.4. The van der Waals surface area contributed by atoms with Crippen molar-refractivity contribution in [3.8, 4) is 0 Å². The van der Waals surface area contributed by atoms with Gasteiger partial charge in [0.15, 0.2) is 0 Å². The summed E-state index contributed by atoms with van der Waals surface area (Å²) >= 11 is 0. The SMILES string of the molecule is CC(C)(C)OC(=O)NC(Cc1cc(F)cc(F)c1)[C@H](O)CN. The highest BCUT2D eigenvalue weighted by Crippen LogP contribution is 2.13. The van der Waals surface area contributed by atoms with Crippen LogP contribution < -0.4 is 11.1 Å². The highest BCUT2D eigenvalue weighted by Gasteiger charge is 2.24. The Bertz CT molecular complexity index is 498. The molecule has 7 heteroatoms. The van der Waals surface area contributed by atoms with Crippen molar-refractivity contribution < 1.29 is 23.4 Å². The summed E-state index contributed by atoms with van der Waals surface area (Å²) in [4.78, 5) is 11.8. The zero-order valence-electron chi connectivity index (χ0n) is 12.9. The fourth-order valence-electron chi connectivity index (χ4n) is 1.89. The van der Waals surface area contributed by atoms with E-state index in [1.807, 2.05) is 0 Å². The third kappa shape index (κ3) is 6.36. The van der Waals surface area contributed by atoms with Gasteiger partial charge in [-0.2, -0.15) is 0 Å². The molecule has 0 spiro atoms. The smallest absolute Gasteiger partial charge is 0.407 e. The van der Waals surface area contributed by atoms with E-state index in [4.69, 9.17) is 10.5 Å². The van der Waals surface area contributed by atoms with Gasteiger partial charge in [0.05, 0.1) is 12.1 Å². The van der Waals surface area contributed by atoms with Crippen LogP contribution in [0.3, 0.4) is 0 Å². The number of amides is 1. The molecule has 5 nitrogen and oxygen atoms in total. The topological polar surface area (TPSA) is 84.6 Å². The molecule has 0 aliphatic heterocycles. The van der Waals surface area contributed by atoms with Gasteiger partial charge >= 0.3 is 6.09 Å². The predicted octanol–water partition coefficient (Wildman–Crippen LogP) is 1.72. The molecule has 0 aliphatic carbocycles. The summed E-state index contributed by atoms with van der Waals surface area (Å²) < 4.78 is 31.5. The van der Waals surface area contributed by atoms with Crippen molar-refractivity contribution in [3.63, 3.8) is 0 Å². The molecular weight excluding hydrogens is 294 g/mol. The second kappa shape index (κ2) is 7.51. The van der Waals surface area contributed by atoms with Crippen LogP contribution in [0.25, 0.3) is 0 Å². The number of hydrogen-bond donors (Lipinski definition) is 3. The molecule has 1 aromatic carbocycles. The van der Waals surface area contributed by atoms with Gasteiger partial charge in [-0.15, -0.1) is 0 Å². The Morgan fingerprint density at radius 3 is 2.32 bits per heavy atom. The predicted molar refractivity (Wildman–Crippen MR) is 78.3 cm³/mol. The number of aliphatic hydroxyl groups excluding tert-OH is 1. The van der Waals surface area contributed by atoms with E-state index >= 15 is 0 Å². The van der Waals surface area contributed by atoms with Crippen LogP contribution in [0.4, 0.5) is 13.6 Å². The first-order valence-corrected chi connectivity index (χ1v) is 6.93. The number of hydrogen-bond acceptors (Lipinski definition) is 4. The molecule has 1 aromatic rings. The molecule has 0 aliphatic rings. The minimum Gasteiger partial charge on any atom is -0.444 e. The molecule has 1 rings (SSSR count). The standard InChI is InChI=1S/C15H22F2N2O3/c1-15(2,3)22-14(21)19-12(13(20)8-18)6-9-4-10(16)7-11(17)5-9/h4-5,7,12-13,20H,6,8,18H2,1-3H3,(H,19,21)/t12?,13-/m1/s1. The van der Waals surface area contributed by atoms with Crippen LogP contribution in [0.15, 0.2) is 18.2 Å². The van der Waals surface area contributed by atoms with E-state index in [-0.39, 0.29) is 13.0 Å². The second-order valence-corrected chi connectivity index (χ2v) is 6.04. The maximum atomic E-state index is 13.2. The Morgan fingerprint density at radius 1 is 1.32 bits per heavy atom. The first-order valence-electron chi connectivity index (χ1n) is 6.93. The van der Waals surface area contributed by atoms with E-state index in [0.717, 1.165) is 18.2 Å². The number of nitrogens with one attached hydrogen (secondary N) is 1. The lowest BCUT2D eigenvalue weighted by Gasteiger charge is -2.26. The molecule has 2 atom stereocenters. The van der Waals surface area contributed by atoms with E-state index in [9.17, 15) is 18.7 Å². The zero-order valence-corrected chi connectivity index (χ0v) is 12.9. The van der Waals surface area contributed by atoms with Gasteiger partial charge in [0, 0.05) is 12.6 Å². The van der Waals surface area contributed by atoms with Crippen molar-refractivity contribution >= 4 is 6.09 Å². The minimum atomic E-state index is -1.07. The number of ether oxygens (including phenoxy) is 1. The van der Waals surface area contributed by atoms with Crippen molar-refractivity contribution in [2.45, 2.75) is 44.9 Å². The Hall–Kier alpha value is -1.73. The van der Waals surface area contributed by atoms with Gasteiger partial charge in [0.1, 0.15) is 17.2 Å². The molecule has 0 heterocycles. The van der Waals surface area contributed by atoms with Crippen LogP contribution in [-0.4, -0.2) is 35.5 Å². The van der Waals surface area contributed by atoms with Crippen LogP contribution in [0, 0.1) is 11.6 Å². The van der Waals surface area contributed by atoms with Crippen LogP contribution >= 0.6 is 0 Å². The average molecular weight is 316 g/mol. The van der Waals surface area contributed by atoms with Gasteiger partial charge in [-0.3, -0.25) is 0 Å². The number of nitrogens with two attached hydrogens (primary N) is 1. The Balaban J connectivity index is 2.82. The van der Waals surface area contributed by atoms with Crippen LogP contribution in [0.2, 0.25) is 0 Å². The van der Waals surface area contributed by atoms with Gasteiger partial charge in [-0.25, -0.2) is 13.6 Å². The molecule has 0 saturated carbocycles. The van der Waals surface area contributed by atoms with Gasteiger partial charge < -0.3 is 20.9 Å². The van der Waals surface area contributed by atoms with Crippen LogP contribution in [-0.2, 0) is 11.2 Å². The monoisotopic (exact) mass is 316 g/mol. The molecule has 0 aromatic heterocycles. The van der Waals surface area contributed by atoms with Crippen molar-refractivity contribution in [2.75, 3.05) is 6.54 Å². The summed E-state index contributed by atoms with van der Waals surface area (Å²) in [6.07, 6.45) is -1.78. The second-order valence-electron chi connectivity index (χ2n) is 6.04. The number of rotatable bonds is 5. The highest BCUT2D eigenvalue weighted by molar-refractivity contribution is 5.68. The van der Waals surface area contributed by atoms with Gasteiger partial charge in [-0.1, -0.05) is 0 Å². The summed E-state index contributed by atoms with van der Waals surface area (Å²) in [6.45, 7) is 4.98. The van der Waals surface area contributed by atoms with E-state index in [1.165, 1.54) is 0 Å². The van der Waals surface area contributed by atoms with E-state index in [1.54, 1.807) is 20.8 Å². The van der Waals surface area contributed by atoms with Crippen LogP contribution in [0.1, 0.15) is 26.3 Å². The normalized spacial score (nSPS) is 14.3. The number of alkyl carbamates (subject to hydrolysis) is 1. The number of aliphatic hydroxyl groups is 1. The maximum Gasteiger partial charge on any atom is 0.407 e. The highest BCUT2D eigenvalue weighted by atomic mass is 19.1. The summed E-state index contributed by atoms with van der Waals surface area (Å²) in [5.74, 6) is -1.46. The van der Waals surface area contributed by atoms with Crippen LogP contribution in [0.5, 0.6) is 0 Å². The third-order valence-corrected chi connectivity index (χ3v) is 2.79. The molecule has 0 bridgehead atoms. The van der Waals surface area contributed by atoms with E-state index in [0.29, 0.717) is 5.56 Å². The number of carbonyl (C=O) groups is 1. The largest absolute Gasteiger partial charge is 0.444 e. The molecule has 124 valence electrons. The van der Waals surface area contributed by atoms with E-state index in [2.05, 4.69) is 5.32 Å². The summed E-state index contributed by atoms with van der Waals surface area (Å²) in [6, 6.07) is 2.20. The van der Waals surface area contributed by atoms with Crippen molar-refractivity contribution in [2.24, 2.45) is 5.73 Å². The quantitative estimate of drug-likeness (QED) is 0.772. The molecule has 22 heavy (non-hydrogen) atoms. The molecule has 0 saturated heterocycles. The lowest BCUT2D eigenvalue weighted by atomic mass is 10.0. The number of carbonyl (C=O) groups excluding carboxylic acids is 1. The fourth-order valence-corrected chi connectivity index (χ4v) is 1.89. The molecule has 0 radical (unpaired) electrons. The van der Waals surface area contributed by atoms with Crippen molar-refractivity contribution in [1.82, 2.24) is 5.32 Å². The Morgan fingerprint density at radius 2 is 1.86 bits per heavy atom. The van der Waals surface area contributed by atoms with Gasteiger partial charge in [0.25, 0.3) is 0 Å². The molecule has 1 amide bonds. The number of benzene rings is 1. The lowest BCUT2D eigenvalue weighted by molar-refractivity contribution is 0.0430. The Kier molecular flexibility index (Phi) is 6.25. The first-order chi connectivity index (χ1) is 10.1. The average Bonchev–Trinajstić information content (AvgIpc) is 2.33. The third-order valence-electron chi connectivity index (χ3n) is 2.79. The van der Waals surface area contributed by atoms with Crippen molar-refractivity contribution in [1.29, 1.82) is 0 Å². The molecule has 0 fully saturated rings. The number of halogens is 2. The minimum absolute atomic E-state index is 0.0201. The summed E-state index contributed by atoms with van der Waals surface area (Å²) in [7, 11) is 0. The molecule has 4 N–H and O–H groups in total. The van der Waals surface area contributed by atoms with Crippen molar-refractivity contribution in [3.05, 3.63) is 35.4 Å². The summed E-state index contributed by atoms with van der Waals surface area (Å²) in [5.41, 5.74) is 5.00. The lowest BCUT2D eigenvalue weighted by Crippen LogP contribution is -2.49.